The average Bonchev–Trinajstić information content (AvgIpc) is 2.69. The zero-order valence-electron chi connectivity index (χ0n) is 15.9. The van der Waals surface area contributed by atoms with Crippen LogP contribution in [0.5, 0.6) is 0 Å². The van der Waals surface area contributed by atoms with E-state index in [1.807, 2.05) is 74.3 Å². The Morgan fingerprint density at radius 2 is 1.67 bits per heavy atom. The summed E-state index contributed by atoms with van der Waals surface area (Å²) in [6.45, 7) is 4.51. The summed E-state index contributed by atoms with van der Waals surface area (Å²) in [5.74, 6) is 0.336. The number of benzene rings is 2. The van der Waals surface area contributed by atoms with Crippen molar-refractivity contribution in [3.05, 3.63) is 89.2 Å². The summed E-state index contributed by atoms with van der Waals surface area (Å²) in [6.07, 6.45) is 0. The van der Waals surface area contributed by atoms with Crippen molar-refractivity contribution in [3.8, 4) is 0 Å². The van der Waals surface area contributed by atoms with E-state index in [2.05, 4.69) is 27.4 Å². The largest absolute Gasteiger partial charge is 0.344 e. The molecular formula is C22H24N4O. The molecule has 138 valence electrons. The maximum atomic E-state index is 12.7. The van der Waals surface area contributed by atoms with Crippen LogP contribution in [0, 0.1) is 6.92 Å². The van der Waals surface area contributed by atoms with Gasteiger partial charge in [0.1, 0.15) is 5.69 Å². The lowest BCUT2D eigenvalue weighted by Crippen LogP contribution is -2.28. The molecule has 27 heavy (non-hydrogen) atoms. The standard InChI is InChI=1S/C22H24N4O/c1-16-14-20(21(27)24-17(2)19-12-8-5-9-13-19)25-22(23-16)26(3)15-18-10-6-4-7-11-18/h4-14,17H,15H2,1-3H3,(H,24,27). The van der Waals surface area contributed by atoms with Crippen LogP contribution in [0.15, 0.2) is 66.7 Å². The van der Waals surface area contributed by atoms with Crippen molar-refractivity contribution in [2.75, 3.05) is 11.9 Å². The lowest BCUT2D eigenvalue weighted by molar-refractivity contribution is 0.0934. The number of aromatic nitrogens is 2. The number of aryl methyl sites for hydroxylation is 1. The van der Waals surface area contributed by atoms with Crippen molar-refractivity contribution in [2.24, 2.45) is 0 Å². The second-order valence-electron chi connectivity index (χ2n) is 6.64. The molecule has 0 aliphatic carbocycles. The van der Waals surface area contributed by atoms with E-state index in [9.17, 15) is 4.79 Å². The van der Waals surface area contributed by atoms with Gasteiger partial charge in [-0.3, -0.25) is 4.79 Å². The SMILES string of the molecule is Cc1cc(C(=O)NC(C)c2ccccc2)nc(N(C)Cc2ccccc2)n1. The molecule has 3 rings (SSSR count). The molecule has 5 heteroatoms. The van der Waals surface area contributed by atoms with Crippen LogP contribution in [0.3, 0.4) is 0 Å². The number of nitrogens with one attached hydrogen (secondary N) is 1. The molecule has 0 radical (unpaired) electrons. The Hall–Kier alpha value is -3.21. The molecule has 1 amide bonds. The normalized spacial score (nSPS) is 11.7. The first kappa shape index (κ1) is 18.6. The fourth-order valence-corrected chi connectivity index (χ4v) is 2.86. The van der Waals surface area contributed by atoms with Crippen LogP contribution >= 0.6 is 0 Å². The molecule has 0 saturated carbocycles. The molecule has 5 nitrogen and oxygen atoms in total. The molecule has 1 atom stereocenters. The Morgan fingerprint density at radius 3 is 2.33 bits per heavy atom. The Kier molecular flexibility index (Phi) is 5.81. The van der Waals surface area contributed by atoms with Gasteiger partial charge in [0, 0.05) is 19.3 Å². The average molecular weight is 360 g/mol. The molecule has 0 bridgehead atoms. The molecule has 0 fully saturated rings. The number of carbonyl (C=O) groups excluding carboxylic acids is 1. The number of carbonyl (C=O) groups is 1. The molecule has 1 unspecified atom stereocenters. The van der Waals surface area contributed by atoms with Gasteiger partial charge in [0.05, 0.1) is 6.04 Å². The van der Waals surface area contributed by atoms with E-state index in [0.29, 0.717) is 18.2 Å². The highest BCUT2D eigenvalue weighted by atomic mass is 16.1. The summed E-state index contributed by atoms with van der Waals surface area (Å²) in [6, 6.07) is 21.6. The topological polar surface area (TPSA) is 58.1 Å². The highest BCUT2D eigenvalue weighted by molar-refractivity contribution is 5.92. The summed E-state index contributed by atoms with van der Waals surface area (Å²) in [4.78, 5) is 23.6. The number of anilines is 1. The smallest absolute Gasteiger partial charge is 0.270 e. The molecule has 2 aromatic carbocycles. The quantitative estimate of drug-likeness (QED) is 0.724. The minimum absolute atomic E-state index is 0.0977. The third kappa shape index (κ3) is 4.91. The summed E-state index contributed by atoms with van der Waals surface area (Å²) in [5, 5.41) is 3.01. The predicted octanol–water partition coefficient (Wildman–Crippen LogP) is 3.91. The third-order valence-electron chi connectivity index (χ3n) is 4.33. The Morgan fingerprint density at radius 1 is 1.04 bits per heavy atom. The minimum Gasteiger partial charge on any atom is -0.344 e. The summed E-state index contributed by atoms with van der Waals surface area (Å²) < 4.78 is 0. The van der Waals surface area contributed by atoms with Crippen LogP contribution in [0.2, 0.25) is 0 Å². The molecule has 1 heterocycles. The molecule has 0 saturated heterocycles. The van der Waals surface area contributed by atoms with Gasteiger partial charge in [-0.2, -0.15) is 0 Å². The first-order valence-corrected chi connectivity index (χ1v) is 8.99. The van der Waals surface area contributed by atoms with Crippen LogP contribution in [0.4, 0.5) is 5.95 Å². The zero-order chi connectivity index (χ0) is 19.2. The Balaban J connectivity index is 1.75. The Labute approximate surface area is 160 Å². The summed E-state index contributed by atoms with van der Waals surface area (Å²) in [7, 11) is 1.93. The van der Waals surface area contributed by atoms with Crippen molar-refractivity contribution in [1.82, 2.24) is 15.3 Å². The highest BCUT2D eigenvalue weighted by Gasteiger charge is 2.16. The first-order chi connectivity index (χ1) is 13.0. The minimum atomic E-state index is -0.203. The van der Waals surface area contributed by atoms with Gasteiger partial charge in [-0.05, 0) is 31.0 Å². The molecule has 0 aliphatic heterocycles. The maximum Gasteiger partial charge on any atom is 0.270 e. The lowest BCUT2D eigenvalue weighted by Gasteiger charge is -2.19. The van der Waals surface area contributed by atoms with Crippen molar-refractivity contribution >= 4 is 11.9 Å². The highest BCUT2D eigenvalue weighted by Crippen LogP contribution is 2.15. The van der Waals surface area contributed by atoms with Gasteiger partial charge in [0.15, 0.2) is 0 Å². The van der Waals surface area contributed by atoms with Crippen LogP contribution in [0.25, 0.3) is 0 Å². The van der Waals surface area contributed by atoms with Gasteiger partial charge in [-0.25, -0.2) is 9.97 Å². The Bertz CT molecular complexity index is 897. The van der Waals surface area contributed by atoms with Crippen LogP contribution in [-0.2, 0) is 6.54 Å². The van der Waals surface area contributed by atoms with Crippen molar-refractivity contribution < 1.29 is 4.79 Å². The number of rotatable bonds is 6. The molecule has 0 aliphatic rings. The van der Waals surface area contributed by atoms with E-state index in [0.717, 1.165) is 16.8 Å². The van der Waals surface area contributed by atoms with Gasteiger partial charge in [0.2, 0.25) is 5.95 Å². The lowest BCUT2D eigenvalue weighted by atomic mass is 10.1. The monoisotopic (exact) mass is 360 g/mol. The summed E-state index contributed by atoms with van der Waals surface area (Å²) in [5.41, 5.74) is 3.35. The van der Waals surface area contributed by atoms with Gasteiger partial charge in [-0.1, -0.05) is 60.7 Å². The van der Waals surface area contributed by atoms with Gasteiger partial charge in [0.25, 0.3) is 5.91 Å². The fraction of sp³-hybridized carbons (Fsp3) is 0.227. The number of hydrogen-bond acceptors (Lipinski definition) is 4. The summed E-state index contributed by atoms with van der Waals surface area (Å²) >= 11 is 0. The number of hydrogen-bond donors (Lipinski definition) is 1. The first-order valence-electron chi connectivity index (χ1n) is 8.99. The van der Waals surface area contributed by atoms with E-state index in [4.69, 9.17) is 0 Å². The second kappa shape index (κ2) is 8.45. The predicted molar refractivity (Wildman–Crippen MR) is 108 cm³/mol. The molecular weight excluding hydrogens is 336 g/mol. The van der Waals surface area contributed by atoms with Crippen molar-refractivity contribution in [3.63, 3.8) is 0 Å². The van der Waals surface area contributed by atoms with Crippen molar-refractivity contribution in [1.29, 1.82) is 0 Å². The van der Waals surface area contributed by atoms with E-state index in [-0.39, 0.29) is 11.9 Å². The molecule has 1 N–H and O–H groups in total. The second-order valence-corrected chi connectivity index (χ2v) is 6.64. The van der Waals surface area contributed by atoms with E-state index >= 15 is 0 Å². The molecule has 1 aromatic heterocycles. The zero-order valence-corrected chi connectivity index (χ0v) is 15.9. The molecule has 3 aromatic rings. The van der Waals surface area contributed by atoms with Crippen molar-refractivity contribution in [2.45, 2.75) is 26.4 Å². The van der Waals surface area contributed by atoms with E-state index in [1.165, 1.54) is 0 Å². The van der Waals surface area contributed by atoms with Crippen LogP contribution < -0.4 is 10.2 Å². The number of nitrogens with zero attached hydrogens (tertiary/aromatic N) is 3. The van der Waals surface area contributed by atoms with Crippen LogP contribution in [0.1, 0.15) is 40.3 Å². The van der Waals surface area contributed by atoms with Gasteiger partial charge in [-0.15, -0.1) is 0 Å². The van der Waals surface area contributed by atoms with Gasteiger partial charge < -0.3 is 10.2 Å². The molecule has 0 spiro atoms. The number of amides is 1. The maximum absolute atomic E-state index is 12.7. The fourth-order valence-electron chi connectivity index (χ4n) is 2.86. The van der Waals surface area contributed by atoms with E-state index in [1.54, 1.807) is 6.07 Å². The van der Waals surface area contributed by atoms with Gasteiger partial charge >= 0.3 is 0 Å². The van der Waals surface area contributed by atoms with Crippen LogP contribution in [-0.4, -0.2) is 22.9 Å². The third-order valence-corrected chi connectivity index (χ3v) is 4.33. The van der Waals surface area contributed by atoms with E-state index < -0.39 is 0 Å².